The van der Waals surface area contributed by atoms with Crippen LogP contribution in [0.2, 0.25) is 0 Å². The van der Waals surface area contributed by atoms with Crippen LogP contribution in [0.15, 0.2) is 10.8 Å². The van der Waals surface area contributed by atoms with Crippen LogP contribution >= 0.6 is 0 Å². The summed E-state index contributed by atoms with van der Waals surface area (Å²) in [5, 5.41) is 1.15. The Balaban J connectivity index is 4.09. The van der Waals surface area contributed by atoms with Gasteiger partial charge in [-0.05, 0) is 20.8 Å². The van der Waals surface area contributed by atoms with Crippen molar-refractivity contribution in [3.63, 3.8) is 0 Å². The number of allylic oxidation sites excluding steroid dienone is 1. The molecule has 0 spiro atoms. The summed E-state index contributed by atoms with van der Waals surface area (Å²) in [6, 6.07) is 0. The van der Waals surface area contributed by atoms with Crippen LogP contribution in [0.4, 0.5) is 0 Å². The number of esters is 1. The van der Waals surface area contributed by atoms with E-state index in [4.69, 9.17) is 4.74 Å². The van der Waals surface area contributed by atoms with Crippen LogP contribution in [-0.2, 0) is 9.53 Å². The highest BCUT2D eigenvalue weighted by Gasteiger charge is 2.04. The minimum atomic E-state index is -0.171. The van der Waals surface area contributed by atoms with Gasteiger partial charge in [0.25, 0.3) is 0 Å². The highest BCUT2D eigenvalue weighted by Crippen LogP contribution is 2.00. The van der Waals surface area contributed by atoms with E-state index in [0.717, 1.165) is 21.0 Å². The molecule has 10 heavy (non-hydrogen) atoms. The summed E-state index contributed by atoms with van der Waals surface area (Å²) in [5.41, 5.74) is 0.772. The van der Waals surface area contributed by atoms with Crippen LogP contribution in [0.1, 0.15) is 20.8 Å². The summed E-state index contributed by atoms with van der Waals surface area (Å²) < 4.78 is 4.79. The fraction of sp³-hybridized carbons (Fsp3) is 0.571. The van der Waals surface area contributed by atoms with Gasteiger partial charge in [0.2, 0.25) is 0 Å². The normalized spacial score (nSPS) is 12.7. The van der Waals surface area contributed by atoms with Crippen LogP contribution in [0.3, 0.4) is 0 Å². The second-order valence-corrected chi connectivity index (χ2v) is 3.85. The van der Waals surface area contributed by atoms with Gasteiger partial charge in [-0.3, -0.25) is 0 Å². The predicted octanol–water partition coefficient (Wildman–Crippen LogP) is 0.209. The molecule has 0 fully saturated rings. The van der Waals surface area contributed by atoms with Crippen molar-refractivity contribution in [2.45, 2.75) is 20.8 Å². The van der Waals surface area contributed by atoms with Gasteiger partial charge in [-0.2, -0.15) is 0 Å². The Hall–Kier alpha value is -0.573. The van der Waals surface area contributed by atoms with Gasteiger partial charge in [0.15, 0.2) is 0 Å². The average Bonchev–Trinajstić information content (AvgIpc) is 1.87. The Morgan fingerprint density at radius 2 is 2.00 bits per heavy atom. The highest BCUT2D eigenvalue weighted by atomic mass is 28.1. The summed E-state index contributed by atoms with van der Waals surface area (Å²) in [4.78, 5) is 10.9. The van der Waals surface area contributed by atoms with E-state index in [0.29, 0.717) is 6.61 Å². The SMILES string of the molecule is CCOC(=O)/C(C)=C(/C)[SiH3]. The van der Waals surface area contributed by atoms with E-state index in [1.807, 2.05) is 13.8 Å². The van der Waals surface area contributed by atoms with E-state index in [9.17, 15) is 4.79 Å². The molecule has 0 aromatic rings. The summed E-state index contributed by atoms with van der Waals surface area (Å²) in [7, 11) is 0.937. The molecule has 0 aliphatic heterocycles. The molecule has 3 heteroatoms. The van der Waals surface area contributed by atoms with Crippen molar-refractivity contribution in [1.82, 2.24) is 0 Å². The first-order chi connectivity index (χ1) is 4.59. The molecule has 0 radical (unpaired) electrons. The van der Waals surface area contributed by atoms with Crippen molar-refractivity contribution in [3.8, 4) is 0 Å². The van der Waals surface area contributed by atoms with Crippen LogP contribution in [0, 0.1) is 0 Å². The standard InChI is InChI=1S/C7H14O2Si/c1-4-9-7(8)5(2)6(3)10/h4H2,1-3,10H3/b6-5-. The predicted molar refractivity (Wildman–Crippen MR) is 44.9 cm³/mol. The molecule has 0 aliphatic rings. The molecule has 0 aliphatic carbocycles. The minimum absolute atomic E-state index is 0.171. The van der Waals surface area contributed by atoms with Crippen molar-refractivity contribution in [1.29, 1.82) is 0 Å². The second-order valence-electron chi connectivity index (χ2n) is 2.35. The van der Waals surface area contributed by atoms with Gasteiger partial charge in [0.05, 0.1) is 6.61 Å². The number of hydrogen-bond acceptors (Lipinski definition) is 2. The Morgan fingerprint density at radius 3 is 2.30 bits per heavy atom. The van der Waals surface area contributed by atoms with E-state index < -0.39 is 0 Å². The van der Waals surface area contributed by atoms with Gasteiger partial charge in [0, 0.05) is 15.8 Å². The van der Waals surface area contributed by atoms with Crippen LogP contribution in [-0.4, -0.2) is 22.8 Å². The molecule has 0 saturated carbocycles. The molecule has 58 valence electrons. The molecule has 0 aromatic carbocycles. The van der Waals surface area contributed by atoms with E-state index in [2.05, 4.69) is 0 Å². The third-order valence-electron chi connectivity index (χ3n) is 1.33. The van der Waals surface area contributed by atoms with Gasteiger partial charge < -0.3 is 4.74 Å². The third-order valence-corrected chi connectivity index (χ3v) is 2.08. The van der Waals surface area contributed by atoms with Crippen LogP contribution in [0.5, 0.6) is 0 Å². The smallest absolute Gasteiger partial charge is 0.333 e. The zero-order valence-corrected chi connectivity index (χ0v) is 9.02. The lowest BCUT2D eigenvalue weighted by atomic mass is 10.3. The maximum Gasteiger partial charge on any atom is 0.333 e. The quantitative estimate of drug-likeness (QED) is 0.326. The highest BCUT2D eigenvalue weighted by molar-refractivity contribution is 6.23. The summed E-state index contributed by atoms with van der Waals surface area (Å²) >= 11 is 0. The zero-order chi connectivity index (χ0) is 8.15. The van der Waals surface area contributed by atoms with Gasteiger partial charge in [-0.1, -0.05) is 5.20 Å². The Labute approximate surface area is 64.7 Å². The fourth-order valence-corrected chi connectivity index (χ4v) is 0.648. The number of carbonyl (C=O) groups is 1. The van der Waals surface area contributed by atoms with Gasteiger partial charge in [-0.25, -0.2) is 4.79 Å². The Bertz CT molecular complexity index is 157. The molecule has 0 heterocycles. The Morgan fingerprint density at radius 1 is 1.50 bits per heavy atom. The van der Waals surface area contributed by atoms with E-state index in [1.54, 1.807) is 6.92 Å². The van der Waals surface area contributed by atoms with Crippen LogP contribution in [0.25, 0.3) is 0 Å². The molecule has 0 N–H and O–H groups in total. The number of rotatable bonds is 2. The topological polar surface area (TPSA) is 26.3 Å². The maximum atomic E-state index is 10.9. The molecular formula is C7H14O2Si. The third kappa shape index (κ3) is 2.82. The molecule has 0 aromatic heterocycles. The van der Waals surface area contributed by atoms with Crippen molar-refractivity contribution >= 4 is 16.2 Å². The van der Waals surface area contributed by atoms with Gasteiger partial charge >= 0.3 is 5.97 Å². The zero-order valence-electron chi connectivity index (χ0n) is 7.02. The minimum Gasteiger partial charge on any atom is -0.463 e. The molecule has 0 atom stereocenters. The molecule has 0 saturated heterocycles. The number of carbonyl (C=O) groups excluding carboxylic acids is 1. The second kappa shape index (κ2) is 4.28. The fourth-order valence-electron chi connectivity index (χ4n) is 0.443. The average molecular weight is 158 g/mol. The number of ether oxygens (including phenoxy) is 1. The first kappa shape index (κ1) is 9.43. The van der Waals surface area contributed by atoms with Crippen molar-refractivity contribution < 1.29 is 9.53 Å². The summed E-state index contributed by atoms with van der Waals surface area (Å²) in [5.74, 6) is -0.171. The molecule has 0 amide bonds. The monoisotopic (exact) mass is 158 g/mol. The van der Waals surface area contributed by atoms with Crippen LogP contribution < -0.4 is 0 Å². The maximum absolute atomic E-state index is 10.9. The molecular weight excluding hydrogens is 144 g/mol. The van der Waals surface area contributed by atoms with E-state index in [1.165, 1.54) is 0 Å². The van der Waals surface area contributed by atoms with E-state index >= 15 is 0 Å². The lowest BCUT2D eigenvalue weighted by molar-refractivity contribution is -0.138. The Kier molecular flexibility index (Phi) is 4.03. The first-order valence-corrected chi connectivity index (χ1v) is 4.40. The van der Waals surface area contributed by atoms with Crippen molar-refractivity contribution in [2.24, 2.45) is 0 Å². The number of hydrogen-bond donors (Lipinski definition) is 0. The first-order valence-electron chi connectivity index (χ1n) is 3.40. The van der Waals surface area contributed by atoms with Crippen molar-refractivity contribution in [3.05, 3.63) is 10.8 Å². The van der Waals surface area contributed by atoms with Gasteiger partial charge in [-0.15, -0.1) is 0 Å². The lowest BCUT2D eigenvalue weighted by Gasteiger charge is -2.02. The van der Waals surface area contributed by atoms with E-state index in [-0.39, 0.29) is 5.97 Å². The molecule has 0 rings (SSSR count). The molecule has 0 unspecified atom stereocenters. The van der Waals surface area contributed by atoms with Crippen molar-refractivity contribution in [2.75, 3.05) is 6.61 Å². The lowest BCUT2D eigenvalue weighted by Crippen LogP contribution is -2.06. The largest absolute Gasteiger partial charge is 0.463 e. The molecule has 2 nitrogen and oxygen atoms in total. The summed E-state index contributed by atoms with van der Waals surface area (Å²) in [6.45, 7) is 6.04. The summed E-state index contributed by atoms with van der Waals surface area (Å²) in [6.07, 6.45) is 0. The van der Waals surface area contributed by atoms with Gasteiger partial charge in [0.1, 0.15) is 0 Å². The molecule has 0 bridgehead atoms.